The molecule has 1 aliphatic carbocycles. The summed E-state index contributed by atoms with van der Waals surface area (Å²) in [4.78, 5) is 12.0. The predicted molar refractivity (Wildman–Crippen MR) is 74.9 cm³/mol. The summed E-state index contributed by atoms with van der Waals surface area (Å²) < 4.78 is 31.7. The van der Waals surface area contributed by atoms with Gasteiger partial charge in [-0.15, -0.1) is 0 Å². The second-order valence-electron chi connectivity index (χ2n) is 5.02. The SMILES string of the molecule is CCOC(=O)C1(N(C)/N=C/c2cccc(F)c2F)CCC1. The van der Waals surface area contributed by atoms with Gasteiger partial charge in [0.05, 0.1) is 12.8 Å². The summed E-state index contributed by atoms with van der Waals surface area (Å²) in [5.74, 6) is -2.20. The first-order valence-corrected chi connectivity index (χ1v) is 6.90. The molecule has 1 saturated carbocycles. The third-order valence-electron chi connectivity index (χ3n) is 3.81. The Kier molecular flexibility index (Phi) is 4.55. The molecule has 6 heteroatoms. The lowest BCUT2D eigenvalue weighted by molar-refractivity contribution is -0.163. The maximum Gasteiger partial charge on any atom is 0.333 e. The number of benzene rings is 1. The Bertz CT molecular complexity index is 557. The molecule has 1 fully saturated rings. The van der Waals surface area contributed by atoms with Crippen molar-refractivity contribution in [1.29, 1.82) is 0 Å². The molecule has 0 atom stereocenters. The lowest BCUT2D eigenvalue weighted by Crippen LogP contribution is -2.56. The Morgan fingerprint density at radius 1 is 1.48 bits per heavy atom. The van der Waals surface area contributed by atoms with E-state index in [9.17, 15) is 13.6 Å². The molecule has 0 saturated heterocycles. The fraction of sp³-hybridized carbons (Fsp3) is 0.467. The van der Waals surface area contributed by atoms with Crippen LogP contribution < -0.4 is 0 Å². The van der Waals surface area contributed by atoms with Crippen LogP contribution in [-0.4, -0.2) is 36.4 Å². The summed E-state index contributed by atoms with van der Waals surface area (Å²) in [5, 5.41) is 5.58. The van der Waals surface area contributed by atoms with Crippen LogP contribution in [0.1, 0.15) is 31.7 Å². The van der Waals surface area contributed by atoms with Crippen LogP contribution in [-0.2, 0) is 9.53 Å². The van der Waals surface area contributed by atoms with Crippen LogP contribution in [0.5, 0.6) is 0 Å². The molecule has 0 aliphatic heterocycles. The third kappa shape index (κ3) is 2.89. The fourth-order valence-corrected chi connectivity index (χ4v) is 2.32. The number of likely N-dealkylation sites (N-methyl/N-ethyl adjacent to an activating group) is 1. The zero-order valence-corrected chi connectivity index (χ0v) is 12.1. The van der Waals surface area contributed by atoms with Crippen LogP contribution in [0.4, 0.5) is 8.78 Å². The number of carbonyl (C=O) groups excluding carboxylic acids is 1. The van der Waals surface area contributed by atoms with Crippen LogP contribution >= 0.6 is 0 Å². The number of esters is 1. The standard InChI is InChI=1S/C15H18F2N2O2/c1-3-21-14(20)15(8-5-9-15)19(2)18-10-11-6-4-7-12(16)13(11)17/h4,6-7,10H,3,5,8-9H2,1-2H3/b18-10+. The quantitative estimate of drug-likeness (QED) is 0.476. The monoisotopic (exact) mass is 296 g/mol. The van der Waals surface area contributed by atoms with Gasteiger partial charge in [0.1, 0.15) is 0 Å². The van der Waals surface area contributed by atoms with Gasteiger partial charge >= 0.3 is 5.97 Å². The van der Waals surface area contributed by atoms with E-state index >= 15 is 0 Å². The Morgan fingerprint density at radius 2 is 2.19 bits per heavy atom. The molecule has 2 rings (SSSR count). The first-order valence-electron chi connectivity index (χ1n) is 6.90. The number of halogens is 2. The molecule has 4 nitrogen and oxygen atoms in total. The van der Waals surface area contributed by atoms with Gasteiger partial charge in [-0.05, 0) is 32.3 Å². The zero-order chi connectivity index (χ0) is 15.5. The van der Waals surface area contributed by atoms with E-state index < -0.39 is 17.2 Å². The largest absolute Gasteiger partial charge is 0.464 e. The zero-order valence-electron chi connectivity index (χ0n) is 12.1. The van der Waals surface area contributed by atoms with Crippen molar-refractivity contribution < 1.29 is 18.3 Å². The minimum Gasteiger partial charge on any atom is -0.464 e. The highest BCUT2D eigenvalue weighted by Crippen LogP contribution is 2.38. The average Bonchev–Trinajstić information content (AvgIpc) is 2.39. The van der Waals surface area contributed by atoms with Crippen LogP contribution in [0.2, 0.25) is 0 Å². The second-order valence-corrected chi connectivity index (χ2v) is 5.02. The fourth-order valence-electron chi connectivity index (χ4n) is 2.32. The molecular formula is C15H18F2N2O2. The first kappa shape index (κ1) is 15.4. The summed E-state index contributed by atoms with van der Waals surface area (Å²) in [6, 6.07) is 3.88. The molecule has 0 aromatic heterocycles. The summed E-state index contributed by atoms with van der Waals surface area (Å²) in [6.45, 7) is 2.05. The van der Waals surface area contributed by atoms with Gasteiger partial charge in [0, 0.05) is 12.6 Å². The van der Waals surface area contributed by atoms with Gasteiger partial charge in [-0.1, -0.05) is 12.1 Å². The molecule has 0 radical (unpaired) electrons. The van der Waals surface area contributed by atoms with Gasteiger partial charge in [0.15, 0.2) is 17.2 Å². The summed E-state index contributed by atoms with van der Waals surface area (Å²) in [5.41, 5.74) is -0.740. The molecule has 1 aromatic carbocycles. The highest BCUT2D eigenvalue weighted by atomic mass is 19.2. The molecule has 0 N–H and O–H groups in total. The third-order valence-corrected chi connectivity index (χ3v) is 3.81. The Hall–Kier alpha value is -1.98. The number of hydrogen-bond acceptors (Lipinski definition) is 4. The topological polar surface area (TPSA) is 41.9 Å². The van der Waals surface area contributed by atoms with Crippen LogP contribution in [0.15, 0.2) is 23.3 Å². The molecule has 0 amide bonds. The van der Waals surface area contributed by atoms with Crippen LogP contribution in [0, 0.1) is 11.6 Å². The molecule has 0 heterocycles. The predicted octanol–water partition coefficient (Wildman–Crippen LogP) is 2.72. The van der Waals surface area contributed by atoms with Gasteiger partial charge in [0.25, 0.3) is 0 Å². The van der Waals surface area contributed by atoms with Crippen molar-refractivity contribution in [2.24, 2.45) is 5.10 Å². The summed E-state index contributed by atoms with van der Waals surface area (Å²) in [6.07, 6.45) is 3.42. The highest BCUT2D eigenvalue weighted by molar-refractivity contribution is 5.83. The molecule has 0 bridgehead atoms. The van der Waals surface area contributed by atoms with Gasteiger partial charge in [-0.25, -0.2) is 13.6 Å². The molecule has 114 valence electrons. The molecule has 0 spiro atoms. The minimum absolute atomic E-state index is 0.0418. The van der Waals surface area contributed by atoms with Crippen LogP contribution in [0.25, 0.3) is 0 Å². The van der Waals surface area contributed by atoms with E-state index in [1.54, 1.807) is 14.0 Å². The van der Waals surface area contributed by atoms with E-state index in [4.69, 9.17) is 4.74 Å². The highest BCUT2D eigenvalue weighted by Gasteiger charge is 2.49. The lowest BCUT2D eigenvalue weighted by Gasteiger charge is -2.44. The summed E-state index contributed by atoms with van der Waals surface area (Å²) >= 11 is 0. The second kappa shape index (κ2) is 6.20. The Morgan fingerprint density at radius 3 is 2.76 bits per heavy atom. The van der Waals surface area contributed by atoms with Crippen molar-refractivity contribution in [2.45, 2.75) is 31.7 Å². The Labute approximate surface area is 122 Å². The first-order chi connectivity index (χ1) is 10.0. The summed E-state index contributed by atoms with van der Waals surface area (Å²) in [7, 11) is 1.64. The van der Waals surface area contributed by atoms with E-state index in [-0.39, 0.29) is 11.5 Å². The van der Waals surface area contributed by atoms with E-state index in [1.807, 2.05) is 0 Å². The molecular weight excluding hydrogens is 278 g/mol. The maximum atomic E-state index is 13.5. The van der Waals surface area contributed by atoms with Crippen LogP contribution in [0.3, 0.4) is 0 Å². The minimum atomic E-state index is -0.951. The number of ether oxygens (including phenoxy) is 1. The lowest BCUT2D eigenvalue weighted by atomic mass is 9.76. The van der Waals surface area contributed by atoms with Crippen molar-refractivity contribution in [3.63, 3.8) is 0 Å². The Balaban J connectivity index is 2.16. The van der Waals surface area contributed by atoms with E-state index in [0.29, 0.717) is 19.4 Å². The normalized spacial score (nSPS) is 16.6. The number of rotatable bonds is 5. The van der Waals surface area contributed by atoms with Crippen molar-refractivity contribution in [1.82, 2.24) is 5.01 Å². The number of hydrazone groups is 1. The molecule has 1 aliphatic rings. The number of carbonyl (C=O) groups is 1. The number of nitrogens with zero attached hydrogens (tertiary/aromatic N) is 2. The average molecular weight is 296 g/mol. The maximum absolute atomic E-state index is 13.5. The smallest absolute Gasteiger partial charge is 0.333 e. The number of hydrogen-bond donors (Lipinski definition) is 0. The van der Waals surface area contributed by atoms with E-state index in [1.165, 1.54) is 23.4 Å². The van der Waals surface area contributed by atoms with Crippen molar-refractivity contribution >= 4 is 12.2 Å². The van der Waals surface area contributed by atoms with E-state index in [2.05, 4.69) is 5.10 Å². The van der Waals surface area contributed by atoms with Gasteiger partial charge in [-0.3, -0.25) is 5.01 Å². The van der Waals surface area contributed by atoms with E-state index in [0.717, 1.165) is 12.5 Å². The van der Waals surface area contributed by atoms with Gasteiger partial charge in [0.2, 0.25) is 0 Å². The molecule has 21 heavy (non-hydrogen) atoms. The van der Waals surface area contributed by atoms with Gasteiger partial charge < -0.3 is 4.74 Å². The van der Waals surface area contributed by atoms with Crippen molar-refractivity contribution in [3.05, 3.63) is 35.4 Å². The van der Waals surface area contributed by atoms with Gasteiger partial charge in [-0.2, -0.15) is 5.10 Å². The molecule has 0 unspecified atom stereocenters. The van der Waals surface area contributed by atoms with Crippen molar-refractivity contribution in [3.8, 4) is 0 Å². The molecule has 1 aromatic rings. The van der Waals surface area contributed by atoms with Crippen molar-refractivity contribution in [2.75, 3.05) is 13.7 Å².